The quantitative estimate of drug-likeness (QED) is 0.883. The second kappa shape index (κ2) is 7.26. The molecule has 2 aromatic rings. The van der Waals surface area contributed by atoms with E-state index < -0.39 is 0 Å². The van der Waals surface area contributed by atoms with E-state index in [1.807, 2.05) is 13.0 Å². The molecule has 7 heteroatoms. The van der Waals surface area contributed by atoms with Gasteiger partial charge in [0.05, 0.1) is 5.69 Å². The number of para-hydroxylation sites is 2. The van der Waals surface area contributed by atoms with Crippen molar-refractivity contribution in [3.8, 4) is 5.75 Å². The van der Waals surface area contributed by atoms with Gasteiger partial charge in [-0.15, -0.1) is 0 Å². The largest absolute Gasteiger partial charge is 0.482 e. The number of hydrogen-bond donors (Lipinski definition) is 2. The minimum Gasteiger partial charge on any atom is -0.482 e. The molecule has 3 rings (SSSR count). The number of fused-ring (bicyclic) bond motifs is 1. The minimum atomic E-state index is -0.335. The lowest BCUT2D eigenvalue weighted by atomic mass is 10.1. The highest BCUT2D eigenvalue weighted by molar-refractivity contribution is 6.05. The van der Waals surface area contributed by atoms with Gasteiger partial charge in [0, 0.05) is 18.3 Å². The first-order valence-corrected chi connectivity index (χ1v) is 8.14. The third kappa shape index (κ3) is 3.83. The normalized spacial score (nSPS) is 12.8. The Morgan fingerprint density at radius 1 is 1.15 bits per heavy atom. The fourth-order valence-corrected chi connectivity index (χ4v) is 2.70. The molecule has 3 amide bonds. The Hall–Kier alpha value is -3.35. The molecule has 0 saturated heterocycles. The molecule has 7 nitrogen and oxygen atoms in total. The SMILES string of the molecule is CC(=O)Nc1ccc(C)c(NC(=O)CN2C(=O)COc3ccccc32)c1. The predicted octanol–water partition coefficient (Wildman–Crippen LogP) is 2.32. The molecule has 0 fully saturated rings. The molecule has 26 heavy (non-hydrogen) atoms. The molecule has 0 saturated carbocycles. The molecule has 1 heterocycles. The molecule has 2 aromatic carbocycles. The van der Waals surface area contributed by atoms with Crippen molar-refractivity contribution in [1.29, 1.82) is 0 Å². The van der Waals surface area contributed by atoms with Crippen LogP contribution in [-0.2, 0) is 14.4 Å². The Labute approximate surface area is 150 Å². The zero-order valence-electron chi connectivity index (χ0n) is 14.5. The topological polar surface area (TPSA) is 87.7 Å². The van der Waals surface area contributed by atoms with Crippen LogP contribution in [-0.4, -0.2) is 30.9 Å². The number of nitrogens with zero attached hydrogens (tertiary/aromatic N) is 1. The molecule has 0 unspecified atom stereocenters. The summed E-state index contributed by atoms with van der Waals surface area (Å²) in [6.45, 7) is 3.05. The van der Waals surface area contributed by atoms with Gasteiger partial charge in [-0.3, -0.25) is 19.3 Å². The van der Waals surface area contributed by atoms with Gasteiger partial charge in [-0.05, 0) is 36.8 Å². The molecular weight excluding hydrogens is 334 g/mol. The molecule has 0 atom stereocenters. The van der Waals surface area contributed by atoms with E-state index in [0.29, 0.717) is 22.8 Å². The first-order valence-electron chi connectivity index (χ1n) is 8.14. The molecule has 0 aromatic heterocycles. The summed E-state index contributed by atoms with van der Waals surface area (Å²) >= 11 is 0. The molecule has 1 aliphatic rings. The standard InChI is InChI=1S/C19H19N3O4/c1-12-7-8-14(20-13(2)23)9-15(12)21-18(24)10-22-16-5-3-4-6-17(16)26-11-19(22)25/h3-9H,10-11H2,1-2H3,(H,20,23)(H,21,24). The van der Waals surface area contributed by atoms with Crippen LogP contribution in [0.25, 0.3) is 0 Å². The maximum absolute atomic E-state index is 12.5. The van der Waals surface area contributed by atoms with Gasteiger partial charge >= 0.3 is 0 Å². The van der Waals surface area contributed by atoms with Crippen molar-refractivity contribution in [1.82, 2.24) is 0 Å². The third-order valence-corrected chi connectivity index (χ3v) is 3.94. The fourth-order valence-electron chi connectivity index (χ4n) is 2.70. The maximum atomic E-state index is 12.5. The van der Waals surface area contributed by atoms with Gasteiger partial charge in [0.2, 0.25) is 11.8 Å². The maximum Gasteiger partial charge on any atom is 0.265 e. The lowest BCUT2D eigenvalue weighted by Crippen LogP contribution is -2.43. The van der Waals surface area contributed by atoms with Crippen LogP contribution in [0.2, 0.25) is 0 Å². The van der Waals surface area contributed by atoms with Gasteiger partial charge in [-0.1, -0.05) is 18.2 Å². The number of benzene rings is 2. The number of rotatable bonds is 4. The van der Waals surface area contributed by atoms with E-state index in [1.54, 1.807) is 36.4 Å². The van der Waals surface area contributed by atoms with Crippen LogP contribution < -0.4 is 20.3 Å². The predicted molar refractivity (Wildman–Crippen MR) is 98.4 cm³/mol. The summed E-state index contributed by atoms with van der Waals surface area (Å²) in [4.78, 5) is 37.2. The van der Waals surface area contributed by atoms with E-state index in [-0.39, 0.29) is 30.9 Å². The van der Waals surface area contributed by atoms with Crippen molar-refractivity contribution < 1.29 is 19.1 Å². The summed E-state index contributed by atoms with van der Waals surface area (Å²) in [5.41, 5.74) is 2.59. The van der Waals surface area contributed by atoms with E-state index in [1.165, 1.54) is 11.8 Å². The van der Waals surface area contributed by atoms with Crippen molar-refractivity contribution in [2.75, 3.05) is 28.7 Å². The Bertz CT molecular complexity index is 879. The molecule has 0 bridgehead atoms. The van der Waals surface area contributed by atoms with Crippen LogP contribution in [0.5, 0.6) is 5.75 Å². The second-order valence-electron chi connectivity index (χ2n) is 6.00. The van der Waals surface area contributed by atoms with E-state index in [4.69, 9.17) is 4.74 Å². The number of carbonyl (C=O) groups excluding carboxylic acids is 3. The summed E-state index contributed by atoms with van der Waals surface area (Å²) in [5.74, 6) is -0.230. The van der Waals surface area contributed by atoms with Crippen LogP contribution in [0.1, 0.15) is 12.5 Å². The Kier molecular flexibility index (Phi) is 4.88. The highest BCUT2D eigenvalue weighted by Crippen LogP contribution is 2.31. The molecular formula is C19H19N3O4. The van der Waals surface area contributed by atoms with Crippen LogP contribution in [0.4, 0.5) is 17.1 Å². The monoisotopic (exact) mass is 353 g/mol. The molecule has 1 aliphatic heterocycles. The number of anilines is 3. The minimum absolute atomic E-state index is 0.0959. The average Bonchev–Trinajstić information content (AvgIpc) is 2.60. The van der Waals surface area contributed by atoms with Gasteiger partial charge < -0.3 is 15.4 Å². The second-order valence-corrected chi connectivity index (χ2v) is 6.00. The number of aryl methyl sites for hydroxylation is 1. The van der Waals surface area contributed by atoms with E-state index >= 15 is 0 Å². The van der Waals surface area contributed by atoms with Crippen molar-refractivity contribution in [2.45, 2.75) is 13.8 Å². The van der Waals surface area contributed by atoms with Gasteiger partial charge in [0.1, 0.15) is 12.3 Å². The van der Waals surface area contributed by atoms with Crippen molar-refractivity contribution in [3.63, 3.8) is 0 Å². The van der Waals surface area contributed by atoms with Gasteiger partial charge in [-0.25, -0.2) is 0 Å². The Morgan fingerprint density at radius 2 is 1.92 bits per heavy atom. The zero-order chi connectivity index (χ0) is 18.7. The molecule has 134 valence electrons. The van der Waals surface area contributed by atoms with Crippen LogP contribution >= 0.6 is 0 Å². The summed E-state index contributed by atoms with van der Waals surface area (Å²) in [5, 5.41) is 5.47. The first-order chi connectivity index (χ1) is 12.4. The van der Waals surface area contributed by atoms with Crippen LogP contribution in [0.3, 0.4) is 0 Å². The van der Waals surface area contributed by atoms with E-state index in [9.17, 15) is 14.4 Å². The number of ether oxygens (including phenoxy) is 1. The van der Waals surface area contributed by atoms with E-state index in [2.05, 4.69) is 10.6 Å². The number of nitrogens with one attached hydrogen (secondary N) is 2. The summed E-state index contributed by atoms with van der Waals surface area (Å²) < 4.78 is 5.37. The number of amides is 3. The van der Waals surface area contributed by atoms with Crippen LogP contribution in [0.15, 0.2) is 42.5 Å². The lowest BCUT2D eigenvalue weighted by molar-refractivity contribution is -0.123. The molecule has 0 radical (unpaired) electrons. The van der Waals surface area contributed by atoms with Gasteiger partial charge in [0.15, 0.2) is 6.61 Å². The summed E-state index contributed by atoms with van der Waals surface area (Å²) in [6.07, 6.45) is 0. The van der Waals surface area contributed by atoms with Crippen molar-refractivity contribution in [3.05, 3.63) is 48.0 Å². The van der Waals surface area contributed by atoms with Crippen molar-refractivity contribution >= 4 is 34.8 Å². The number of carbonyl (C=O) groups is 3. The third-order valence-electron chi connectivity index (χ3n) is 3.94. The van der Waals surface area contributed by atoms with Gasteiger partial charge in [-0.2, -0.15) is 0 Å². The van der Waals surface area contributed by atoms with Gasteiger partial charge in [0.25, 0.3) is 5.91 Å². The highest BCUT2D eigenvalue weighted by Gasteiger charge is 2.27. The summed E-state index contributed by atoms with van der Waals surface area (Å²) in [6, 6.07) is 12.3. The first kappa shape index (κ1) is 17.5. The Morgan fingerprint density at radius 3 is 2.69 bits per heavy atom. The van der Waals surface area contributed by atoms with Crippen LogP contribution in [0, 0.1) is 6.92 Å². The molecule has 2 N–H and O–H groups in total. The average molecular weight is 353 g/mol. The zero-order valence-corrected chi connectivity index (χ0v) is 14.5. The molecule has 0 aliphatic carbocycles. The molecule has 0 spiro atoms. The lowest BCUT2D eigenvalue weighted by Gasteiger charge is -2.28. The fraction of sp³-hybridized carbons (Fsp3) is 0.211. The highest BCUT2D eigenvalue weighted by atomic mass is 16.5. The summed E-state index contributed by atoms with van der Waals surface area (Å²) in [7, 11) is 0. The number of hydrogen-bond acceptors (Lipinski definition) is 4. The smallest absolute Gasteiger partial charge is 0.265 e. The van der Waals surface area contributed by atoms with Crippen molar-refractivity contribution in [2.24, 2.45) is 0 Å². The Balaban J connectivity index is 1.75. The van der Waals surface area contributed by atoms with E-state index in [0.717, 1.165) is 5.56 Å².